The number of halogens is 1. The fraction of sp³-hybridized carbons (Fsp3) is 0.118. The number of carbonyl (C=O) groups is 2. The third kappa shape index (κ3) is 5.21. The number of para-hydroxylation sites is 1. The van der Waals surface area contributed by atoms with E-state index in [0.29, 0.717) is 11.3 Å². The molecular formula is C17H15FN4O3. The molecule has 25 heavy (non-hydrogen) atoms. The first kappa shape index (κ1) is 17.7. The zero-order chi connectivity index (χ0) is 18.2. The topological polar surface area (TPSA) is 103 Å². The summed E-state index contributed by atoms with van der Waals surface area (Å²) in [5, 5.41) is 11.0. The minimum atomic E-state index is -0.901. The molecule has 2 rings (SSSR count). The minimum Gasteiger partial charge on any atom is -0.481 e. The van der Waals surface area contributed by atoms with Crippen LogP contribution in [0.25, 0.3) is 0 Å². The van der Waals surface area contributed by atoms with E-state index in [0.717, 1.165) is 0 Å². The summed E-state index contributed by atoms with van der Waals surface area (Å²) in [7, 11) is 0. The Kier molecular flexibility index (Phi) is 5.90. The zero-order valence-corrected chi connectivity index (χ0v) is 13.2. The molecule has 0 unspecified atom stereocenters. The number of amides is 3. The second kappa shape index (κ2) is 8.31. The molecule has 2 aromatic carbocycles. The fourth-order valence-corrected chi connectivity index (χ4v) is 1.80. The Hall–Kier alpha value is -3.60. The first-order valence-electron chi connectivity index (χ1n) is 7.28. The number of nitriles is 1. The lowest BCUT2D eigenvalue weighted by Gasteiger charge is -2.15. The van der Waals surface area contributed by atoms with Gasteiger partial charge in [0.05, 0.1) is 17.3 Å². The zero-order valence-electron chi connectivity index (χ0n) is 13.2. The molecule has 0 bridgehead atoms. The summed E-state index contributed by atoms with van der Waals surface area (Å²) in [4.78, 5) is 23.5. The van der Waals surface area contributed by atoms with Gasteiger partial charge >= 0.3 is 6.03 Å². The number of urea groups is 1. The van der Waals surface area contributed by atoms with E-state index in [1.807, 2.05) is 6.07 Å². The van der Waals surface area contributed by atoms with Crippen molar-refractivity contribution >= 4 is 17.6 Å². The van der Waals surface area contributed by atoms with Crippen molar-refractivity contribution < 1.29 is 18.7 Å². The van der Waals surface area contributed by atoms with Crippen molar-refractivity contribution in [1.29, 1.82) is 5.26 Å². The van der Waals surface area contributed by atoms with Gasteiger partial charge < -0.3 is 10.1 Å². The van der Waals surface area contributed by atoms with Crippen LogP contribution in [0.1, 0.15) is 12.5 Å². The van der Waals surface area contributed by atoms with Gasteiger partial charge in [0.25, 0.3) is 5.91 Å². The molecule has 0 aromatic heterocycles. The summed E-state index contributed by atoms with van der Waals surface area (Å²) < 4.78 is 18.8. The van der Waals surface area contributed by atoms with E-state index >= 15 is 0 Å². The van der Waals surface area contributed by atoms with Gasteiger partial charge in [-0.2, -0.15) is 5.26 Å². The number of hydrogen-bond donors (Lipinski definition) is 3. The SMILES string of the molecule is C[C@@H](Oc1ccc(C#N)cc1)C(=O)NNC(=O)Nc1ccccc1F. The van der Waals surface area contributed by atoms with Crippen molar-refractivity contribution in [1.82, 2.24) is 10.9 Å². The molecule has 2 aromatic rings. The van der Waals surface area contributed by atoms with Gasteiger partial charge in [0.15, 0.2) is 6.10 Å². The lowest BCUT2D eigenvalue weighted by atomic mass is 10.2. The largest absolute Gasteiger partial charge is 0.481 e. The van der Waals surface area contributed by atoms with Crippen molar-refractivity contribution in [2.75, 3.05) is 5.32 Å². The van der Waals surface area contributed by atoms with Gasteiger partial charge in [0, 0.05) is 0 Å². The summed E-state index contributed by atoms with van der Waals surface area (Å²) in [6.07, 6.45) is -0.901. The highest BCUT2D eigenvalue weighted by Gasteiger charge is 2.15. The van der Waals surface area contributed by atoms with E-state index in [1.165, 1.54) is 25.1 Å². The Morgan fingerprint density at radius 2 is 1.80 bits per heavy atom. The fourth-order valence-electron chi connectivity index (χ4n) is 1.80. The summed E-state index contributed by atoms with van der Waals surface area (Å²) in [5.41, 5.74) is 4.72. The molecule has 0 aliphatic carbocycles. The number of ether oxygens (including phenoxy) is 1. The van der Waals surface area contributed by atoms with Crippen molar-refractivity contribution in [3.8, 4) is 11.8 Å². The van der Waals surface area contributed by atoms with Crippen LogP contribution >= 0.6 is 0 Å². The summed E-state index contributed by atoms with van der Waals surface area (Å²) in [6.45, 7) is 1.49. The quantitative estimate of drug-likeness (QED) is 0.742. The van der Waals surface area contributed by atoms with E-state index in [2.05, 4.69) is 16.2 Å². The summed E-state index contributed by atoms with van der Waals surface area (Å²) in [5.74, 6) is -0.799. The molecule has 0 aliphatic heterocycles. The highest BCUT2D eigenvalue weighted by molar-refractivity contribution is 5.91. The molecule has 128 valence electrons. The van der Waals surface area contributed by atoms with Crippen molar-refractivity contribution in [2.45, 2.75) is 13.0 Å². The normalized spacial score (nSPS) is 10.9. The van der Waals surface area contributed by atoms with Crippen LogP contribution in [0, 0.1) is 17.1 Å². The van der Waals surface area contributed by atoms with Crippen LogP contribution in [0.5, 0.6) is 5.75 Å². The Bertz CT molecular complexity index is 802. The van der Waals surface area contributed by atoms with E-state index in [-0.39, 0.29) is 5.69 Å². The number of hydrogen-bond acceptors (Lipinski definition) is 4. The van der Waals surface area contributed by atoms with Gasteiger partial charge in [-0.25, -0.2) is 14.6 Å². The molecule has 0 saturated carbocycles. The van der Waals surface area contributed by atoms with Gasteiger partial charge in [-0.05, 0) is 43.3 Å². The van der Waals surface area contributed by atoms with Crippen molar-refractivity contribution in [2.24, 2.45) is 0 Å². The molecule has 3 amide bonds. The average molecular weight is 342 g/mol. The smallest absolute Gasteiger partial charge is 0.338 e. The number of hydrazine groups is 1. The standard InChI is InChI=1S/C17H15FN4O3/c1-11(25-13-8-6-12(10-19)7-9-13)16(23)21-22-17(24)20-15-5-3-2-4-14(15)18/h2-9,11H,1H3,(H,21,23)(H2,20,22,24)/t11-/m1/s1. The summed E-state index contributed by atoms with van der Waals surface area (Å²) >= 11 is 0. The number of nitrogens with one attached hydrogen (secondary N) is 3. The van der Waals surface area contributed by atoms with Crippen LogP contribution < -0.4 is 20.9 Å². The van der Waals surface area contributed by atoms with E-state index < -0.39 is 23.9 Å². The van der Waals surface area contributed by atoms with Gasteiger partial charge in [-0.3, -0.25) is 10.2 Å². The molecular weight excluding hydrogens is 327 g/mol. The third-order valence-electron chi connectivity index (χ3n) is 3.09. The second-order valence-corrected chi connectivity index (χ2v) is 4.94. The van der Waals surface area contributed by atoms with E-state index in [9.17, 15) is 14.0 Å². The lowest BCUT2D eigenvalue weighted by Crippen LogP contribution is -2.48. The molecule has 0 aliphatic rings. The maximum Gasteiger partial charge on any atom is 0.338 e. The van der Waals surface area contributed by atoms with Gasteiger partial charge in [0.1, 0.15) is 11.6 Å². The number of anilines is 1. The van der Waals surface area contributed by atoms with Gasteiger partial charge in [0.2, 0.25) is 0 Å². The number of benzene rings is 2. The van der Waals surface area contributed by atoms with Crippen LogP contribution in [-0.2, 0) is 4.79 Å². The van der Waals surface area contributed by atoms with Crippen LogP contribution in [0.2, 0.25) is 0 Å². The first-order valence-corrected chi connectivity index (χ1v) is 7.28. The number of rotatable bonds is 4. The van der Waals surface area contributed by atoms with E-state index in [4.69, 9.17) is 10.00 Å². The third-order valence-corrected chi connectivity index (χ3v) is 3.09. The number of nitrogens with zero attached hydrogens (tertiary/aromatic N) is 1. The van der Waals surface area contributed by atoms with Crippen molar-refractivity contribution in [3.63, 3.8) is 0 Å². The molecule has 0 spiro atoms. The Morgan fingerprint density at radius 1 is 1.12 bits per heavy atom. The monoisotopic (exact) mass is 342 g/mol. The molecule has 0 radical (unpaired) electrons. The van der Waals surface area contributed by atoms with Gasteiger partial charge in [-0.15, -0.1) is 0 Å². The minimum absolute atomic E-state index is 0.0175. The molecule has 0 saturated heterocycles. The first-order chi connectivity index (χ1) is 12.0. The van der Waals surface area contributed by atoms with Crippen LogP contribution in [-0.4, -0.2) is 18.0 Å². The number of carbonyl (C=O) groups excluding carboxylic acids is 2. The molecule has 3 N–H and O–H groups in total. The molecule has 1 atom stereocenters. The maximum absolute atomic E-state index is 13.4. The highest BCUT2D eigenvalue weighted by atomic mass is 19.1. The Labute approximate surface area is 143 Å². The average Bonchev–Trinajstić information content (AvgIpc) is 2.62. The van der Waals surface area contributed by atoms with Crippen molar-refractivity contribution in [3.05, 3.63) is 59.9 Å². The lowest BCUT2D eigenvalue weighted by molar-refractivity contribution is -0.127. The predicted octanol–water partition coefficient (Wildman–Crippen LogP) is 2.32. The van der Waals surface area contributed by atoms with Gasteiger partial charge in [-0.1, -0.05) is 12.1 Å². The van der Waals surface area contributed by atoms with Crippen LogP contribution in [0.3, 0.4) is 0 Å². The molecule has 0 fully saturated rings. The summed E-state index contributed by atoms with van der Waals surface area (Å²) in [6, 6.07) is 13.0. The molecule has 0 heterocycles. The second-order valence-electron chi connectivity index (χ2n) is 4.94. The highest BCUT2D eigenvalue weighted by Crippen LogP contribution is 2.13. The molecule has 8 heteroatoms. The van der Waals surface area contributed by atoms with Crippen LogP contribution in [0.15, 0.2) is 48.5 Å². The maximum atomic E-state index is 13.4. The Morgan fingerprint density at radius 3 is 2.44 bits per heavy atom. The molecule has 7 nitrogen and oxygen atoms in total. The predicted molar refractivity (Wildman–Crippen MR) is 87.9 cm³/mol. The van der Waals surface area contributed by atoms with Crippen LogP contribution in [0.4, 0.5) is 14.9 Å². The van der Waals surface area contributed by atoms with E-state index in [1.54, 1.807) is 30.3 Å². The Balaban J connectivity index is 1.81.